The lowest BCUT2D eigenvalue weighted by Gasteiger charge is -2.18. The molecule has 1 N–H and O–H groups in total. The van der Waals surface area contributed by atoms with E-state index in [1.54, 1.807) is 0 Å². The van der Waals surface area contributed by atoms with E-state index in [0.717, 1.165) is 63.7 Å². The highest BCUT2D eigenvalue weighted by Crippen LogP contribution is 2.35. The first-order chi connectivity index (χ1) is 16.1. The van der Waals surface area contributed by atoms with Gasteiger partial charge in [0.1, 0.15) is 11.5 Å². The van der Waals surface area contributed by atoms with Gasteiger partial charge >= 0.3 is 0 Å². The summed E-state index contributed by atoms with van der Waals surface area (Å²) < 4.78 is 12.3. The third-order valence-electron chi connectivity index (χ3n) is 6.42. The second kappa shape index (κ2) is 13.6. The lowest BCUT2D eigenvalue weighted by molar-refractivity contribution is 0.262. The van der Waals surface area contributed by atoms with Crippen molar-refractivity contribution in [1.29, 1.82) is 0 Å². The summed E-state index contributed by atoms with van der Waals surface area (Å²) in [5.41, 5.74) is 4.83. The molecule has 2 aromatic rings. The molecule has 0 bridgehead atoms. The minimum Gasteiger partial charge on any atom is -0.493 e. The summed E-state index contributed by atoms with van der Waals surface area (Å²) in [5.74, 6) is 1.96. The molecular formula is C28H43N3O2. The fraction of sp³-hybridized carbons (Fsp3) is 0.571. The molecule has 182 valence electrons. The van der Waals surface area contributed by atoms with Crippen LogP contribution in [0.25, 0.3) is 11.1 Å². The fourth-order valence-electron chi connectivity index (χ4n) is 4.41. The quantitative estimate of drug-likeness (QED) is 0.418. The number of hydrogen-bond donors (Lipinski definition) is 1. The molecule has 0 aliphatic carbocycles. The summed E-state index contributed by atoms with van der Waals surface area (Å²) in [4.78, 5) is 4.73. The zero-order chi connectivity index (χ0) is 23.5. The summed E-state index contributed by atoms with van der Waals surface area (Å²) in [7, 11) is 4.19. The highest BCUT2D eigenvalue weighted by molar-refractivity contribution is 5.74. The third-order valence-corrected chi connectivity index (χ3v) is 6.42. The Balaban J connectivity index is 1.53. The van der Waals surface area contributed by atoms with Crippen molar-refractivity contribution >= 4 is 0 Å². The zero-order valence-corrected chi connectivity index (χ0v) is 21.2. The van der Waals surface area contributed by atoms with Crippen LogP contribution in [0.3, 0.4) is 0 Å². The van der Waals surface area contributed by atoms with Crippen LogP contribution in [-0.4, -0.2) is 76.4 Å². The molecule has 1 aliphatic rings. The Hall–Kier alpha value is -2.08. The van der Waals surface area contributed by atoms with Gasteiger partial charge in [0.15, 0.2) is 0 Å². The number of rotatable bonds is 14. The normalized spacial score (nSPS) is 14.2. The van der Waals surface area contributed by atoms with Crippen molar-refractivity contribution < 1.29 is 9.47 Å². The fourth-order valence-corrected chi connectivity index (χ4v) is 4.41. The van der Waals surface area contributed by atoms with E-state index >= 15 is 0 Å². The van der Waals surface area contributed by atoms with E-state index in [4.69, 9.17) is 9.47 Å². The van der Waals surface area contributed by atoms with Crippen LogP contribution in [0.15, 0.2) is 36.4 Å². The number of likely N-dealkylation sites (N-methyl/N-ethyl adjacent to an activating group) is 1. The Bertz CT molecular complexity index is 847. The SMILES string of the molecule is Cc1c(OCCCNCCN(C)C)cccc1-c1cccc(OCCCN2CCCC2)c1C. The van der Waals surface area contributed by atoms with Crippen LogP contribution in [0.1, 0.15) is 36.8 Å². The van der Waals surface area contributed by atoms with E-state index < -0.39 is 0 Å². The molecule has 1 aliphatic heterocycles. The maximum atomic E-state index is 6.19. The van der Waals surface area contributed by atoms with E-state index in [9.17, 15) is 0 Å². The molecule has 0 atom stereocenters. The van der Waals surface area contributed by atoms with Crippen LogP contribution >= 0.6 is 0 Å². The molecule has 0 aromatic heterocycles. The number of likely N-dealkylation sites (tertiary alicyclic amines) is 1. The smallest absolute Gasteiger partial charge is 0.122 e. The van der Waals surface area contributed by atoms with E-state index in [0.29, 0.717) is 0 Å². The molecule has 5 nitrogen and oxygen atoms in total. The van der Waals surface area contributed by atoms with E-state index in [2.05, 4.69) is 79.5 Å². The third kappa shape index (κ3) is 8.02. The molecule has 0 spiro atoms. The van der Waals surface area contributed by atoms with Crippen molar-refractivity contribution in [3.05, 3.63) is 47.5 Å². The van der Waals surface area contributed by atoms with Crippen LogP contribution in [-0.2, 0) is 0 Å². The van der Waals surface area contributed by atoms with Gasteiger partial charge in [-0.25, -0.2) is 0 Å². The Morgan fingerprint density at radius 3 is 1.97 bits per heavy atom. The van der Waals surface area contributed by atoms with Gasteiger partial charge in [-0.2, -0.15) is 0 Å². The summed E-state index contributed by atoms with van der Waals surface area (Å²) in [5, 5.41) is 3.47. The molecule has 3 rings (SSSR count). The van der Waals surface area contributed by atoms with Crippen molar-refractivity contribution in [2.75, 3.05) is 66.6 Å². The van der Waals surface area contributed by atoms with E-state index in [-0.39, 0.29) is 0 Å². The first-order valence-electron chi connectivity index (χ1n) is 12.6. The van der Waals surface area contributed by atoms with Gasteiger partial charge in [-0.05, 0) is 108 Å². The van der Waals surface area contributed by atoms with Gasteiger partial charge in [-0.15, -0.1) is 0 Å². The first kappa shape index (κ1) is 25.5. The van der Waals surface area contributed by atoms with Gasteiger partial charge in [-0.3, -0.25) is 0 Å². The van der Waals surface area contributed by atoms with Crippen LogP contribution < -0.4 is 14.8 Å². The van der Waals surface area contributed by atoms with Crippen LogP contribution in [0, 0.1) is 13.8 Å². The topological polar surface area (TPSA) is 37.0 Å². The van der Waals surface area contributed by atoms with Crippen LogP contribution in [0.5, 0.6) is 11.5 Å². The lowest BCUT2D eigenvalue weighted by atomic mass is 9.95. The number of ether oxygens (including phenoxy) is 2. The second-order valence-corrected chi connectivity index (χ2v) is 9.36. The summed E-state index contributed by atoms with van der Waals surface area (Å²) in [6.07, 6.45) is 4.77. The Kier molecular flexibility index (Phi) is 10.5. The predicted octanol–water partition coefficient (Wildman–Crippen LogP) is 4.76. The molecule has 0 unspecified atom stereocenters. The van der Waals surface area contributed by atoms with Crippen LogP contribution in [0.2, 0.25) is 0 Å². The highest BCUT2D eigenvalue weighted by atomic mass is 16.5. The van der Waals surface area contributed by atoms with Gasteiger partial charge in [0.25, 0.3) is 0 Å². The number of nitrogens with one attached hydrogen (secondary N) is 1. The molecule has 2 aromatic carbocycles. The van der Waals surface area contributed by atoms with Crippen LogP contribution in [0.4, 0.5) is 0 Å². The first-order valence-corrected chi connectivity index (χ1v) is 12.6. The molecule has 0 amide bonds. The summed E-state index contributed by atoms with van der Waals surface area (Å²) >= 11 is 0. The van der Waals surface area contributed by atoms with Gasteiger partial charge in [0, 0.05) is 19.6 Å². The number of nitrogens with zero attached hydrogens (tertiary/aromatic N) is 2. The lowest BCUT2D eigenvalue weighted by Crippen LogP contribution is -2.27. The molecule has 1 heterocycles. The minimum absolute atomic E-state index is 0.721. The molecule has 5 heteroatoms. The largest absolute Gasteiger partial charge is 0.493 e. The molecule has 33 heavy (non-hydrogen) atoms. The van der Waals surface area contributed by atoms with E-state index in [1.165, 1.54) is 48.2 Å². The van der Waals surface area contributed by atoms with Gasteiger partial charge in [0.05, 0.1) is 13.2 Å². The van der Waals surface area contributed by atoms with Gasteiger partial charge in [-0.1, -0.05) is 24.3 Å². The average Bonchev–Trinajstić information content (AvgIpc) is 3.32. The monoisotopic (exact) mass is 453 g/mol. The van der Waals surface area contributed by atoms with Crippen molar-refractivity contribution in [2.45, 2.75) is 39.5 Å². The Morgan fingerprint density at radius 1 is 0.818 bits per heavy atom. The molecule has 1 saturated heterocycles. The van der Waals surface area contributed by atoms with Crippen molar-refractivity contribution in [3.63, 3.8) is 0 Å². The van der Waals surface area contributed by atoms with Crippen molar-refractivity contribution in [2.24, 2.45) is 0 Å². The standard InChI is InChI=1S/C28H43N3O2/c1-23-25(11-7-13-27(23)32-21-9-15-29-16-20-30(3)4)26-12-8-14-28(24(26)2)33-22-10-19-31-17-5-6-18-31/h7-8,11-14,29H,5-6,9-10,15-22H2,1-4H3. The molecule has 0 saturated carbocycles. The average molecular weight is 454 g/mol. The van der Waals surface area contributed by atoms with Gasteiger partial charge in [0.2, 0.25) is 0 Å². The maximum Gasteiger partial charge on any atom is 0.122 e. The van der Waals surface area contributed by atoms with E-state index in [1.807, 2.05) is 0 Å². The number of hydrogen-bond acceptors (Lipinski definition) is 5. The molecule has 1 fully saturated rings. The minimum atomic E-state index is 0.721. The number of benzene rings is 2. The second-order valence-electron chi connectivity index (χ2n) is 9.36. The Labute approximate surface area is 201 Å². The van der Waals surface area contributed by atoms with Gasteiger partial charge < -0.3 is 24.6 Å². The van der Waals surface area contributed by atoms with Crippen molar-refractivity contribution in [3.8, 4) is 22.6 Å². The Morgan fingerprint density at radius 2 is 1.39 bits per heavy atom. The molecule has 0 radical (unpaired) electrons. The molecular weight excluding hydrogens is 410 g/mol. The highest BCUT2D eigenvalue weighted by Gasteiger charge is 2.13. The zero-order valence-electron chi connectivity index (χ0n) is 21.2. The predicted molar refractivity (Wildman–Crippen MR) is 139 cm³/mol. The summed E-state index contributed by atoms with van der Waals surface area (Å²) in [6, 6.07) is 12.7. The van der Waals surface area contributed by atoms with Crippen molar-refractivity contribution in [1.82, 2.24) is 15.1 Å². The summed E-state index contributed by atoms with van der Waals surface area (Å²) in [6.45, 7) is 12.5. The maximum absolute atomic E-state index is 6.19.